The van der Waals surface area contributed by atoms with E-state index in [0.717, 1.165) is 6.42 Å². The van der Waals surface area contributed by atoms with E-state index in [4.69, 9.17) is 10.5 Å². The molecule has 6 heteroatoms. The maximum absolute atomic E-state index is 13.7. The number of para-hydroxylation sites is 1. The Labute approximate surface area is 137 Å². The van der Waals surface area contributed by atoms with Gasteiger partial charge in [0.25, 0.3) is 5.91 Å². The van der Waals surface area contributed by atoms with Gasteiger partial charge in [0.1, 0.15) is 0 Å². The molecule has 0 bridgehead atoms. The Morgan fingerprint density at radius 1 is 1.50 bits per heavy atom. The Morgan fingerprint density at radius 2 is 2.18 bits per heavy atom. The summed E-state index contributed by atoms with van der Waals surface area (Å²) in [5, 5.41) is 0. The fourth-order valence-electron chi connectivity index (χ4n) is 2.81. The van der Waals surface area contributed by atoms with Crippen molar-refractivity contribution in [1.82, 2.24) is 4.90 Å². The Morgan fingerprint density at radius 3 is 2.73 bits per heavy atom. The molecule has 1 aromatic rings. The average Bonchev–Trinajstić information content (AvgIpc) is 2.87. The number of benzene rings is 1. The molecule has 2 rings (SSSR count). The van der Waals surface area contributed by atoms with Crippen molar-refractivity contribution in [2.45, 2.75) is 38.8 Å². The number of hydrogen-bond donors (Lipinski definition) is 1. The topological polar surface area (TPSA) is 55.6 Å². The van der Waals surface area contributed by atoms with Gasteiger partial charge in [-0.3, -0.25) is 4.79 Å². The summed E-state index contributed by atoms with van der Waals surface area (Å²) in [6.07, 6.45) is 0.767. The van der Waals surface area contributed by atoms with Crippen LogP contribution in [0.3, 0.4) is 0 Å². The minimum atomic E-state index is -0.652. The number of halogens is 2. The molecule has 0 radical (unpaired) electrons. The van der Waals surface area contributed by atoms with E-state index in [0.29, 0.717) is 25.4 Å². The van der Waals surface area contributed by atoms with E-state index in [9.17, 15) is 9.18 Å². The van der Waals surface area contributed by atoms with Crippen LogP contribution in [-0.4, -0.2) is 36.0 Å². The lowest BCUT2D eigenvalue weighted by molar-refractivity contribution is -0.139. The van der Waals surface area contributed by atoms with E-state index in [2.05, 4.69) is 0 Å². The van der Waals surface area contributed by atoms with Crippen LogP contribution >= 0.6 is 12.4 Å². The van der Waals surface area contributed by atoms with Crippen LogP contribution in [0.2, 0.25) is 0 Å². The molecule has 22 heavy (non-hydrogen) atoms. The first-order chi connectivity index (χ1) is 10.1. The number of ether oxygens (including phenoxy) is 1. The molecule has 3 atom stereocenters. The summed E-state index contributed by atoms with van der Waals surface area (Å²) in [6, 6.07) is 6.32. The number of nitrogens with two attached hydrogens (primary N) is 1. The molecule has 0 saturated carbocycles. The molecule has 1 heterocycles. The molecule has 0 spiro atoms. The zero-order chi connectivity index (χ0) is 15.4. The highest BCUT2D eigenvalue weighted by Gasteiger charge is 2.35. The van der Waals surface area contributed by atoms with Crippen molar-refractivity contribution in [2.75, 3.05) is 13.1 Å². The SMILES string of the molecule is CCC(Oc1ccccc1F)C(=O)N1CC(CN)CC1C.Cl. The largest absolute Gasteiger partial charge is 0.478 e. The van der Waals surface area contributed by atoms with Gasteiger partial charge >= 0.3 is 0 Å². The van der Waals surface area contributed by atoms with Crippen LogP contribution in [0, 0.1) is 11.7 Å². The first kappa shape index (κ1) is 18.7. The predicted molar refractivity (Wildman–Crippen MR) is 86.7 cm³/mol. The molecule has 3 unspecified atom stereocenters. The number of hydrogen-bond acceptors (Lipinski definition) is 3. The summed E-state index contributed by atoms with van der Waals surface area (Å²) >= 11 is 0. The van der Waals surface area contributed by atoms with Crippen LogP contribution < -0.4 is 10.5 Å². The molecule has 1 fully saturated rings. The maximum atomic E-state index is 13.7. The lowest BCUT2D eigenvalue weighted by Crippen LogP contribution is -2.43. The summed E-state index contributed by atoms with van der Waals surface area (Å²) < 4.78 is 19.2. The first-order valence-corrected chi connectivity index (χ1v) is 7.48. The highest BCUT2D eigenvalue weighted by Crippen LogP contribution is 2.25. The summed E-state index contributed by atoms with van der Waals surface area (Å²) in [5.74, 6) is -0.0582. The van der Waals surface area contributed by atoms with E-state index < -0.39 is 11.9 Å². The molecular formula is C16H24ClFN2O2. The Hall–Kier alpha value is -1.33. The van der Waals surface area contributed by atoms with Gasteiger partial charge in [-0.25, -0.2) is 4.39 Å². The highest BCUT2D eigenvalue weighted by atomic mass is 35.5. The van der Waals surface area contributed by atoms with E-state index in [-0.39, 0.29) is 30.1 Å². The molecule has 1 aromatic carbocycles. The van der Waals surface area contributed by atoms with Crippen LogP contribution in [0.5, 0.6) is 5.75 Å². The third-order valence-corrected chi connectivity index (χ3v) is 4.03. The molecule has 0 aromatic heterocycles. The fraction of sp³-hybridized carbons (Fsp3) is 0.562. The van der Waals surface area contributed by atoms with Gasteiger partial charge in [-0.1, -0.05) is 19.1 Å². The third kappa shape index (κ3) is 4.11. The normalized spacial score (nSPS) is 22.1. The van der Waals surface area contributed by atoms with Gasteiger partial charge in [-0.05, 0) is 44.4 Å². The fourth-order valence-corrected chi connectivity index (χ4v) is 2.81. The molecule has 1 aliphatic rings. The summed E-state index contributed by atoms with van der Waals surface area (Å²) in [4.78, 5) is 14.4. The molecule has 1 amide bonds. The molecule has 124 valence electrons. The lowest BCUT2D eigenvalue weighted by atomic mass is 10.1. The zero-order valence-corrected chi connectivity index (χ0v) is 13.8. The van der Waals surface area contributed by atoms with Crippen molar-refractivity contribution < 1.29 is 13.9 Å². The van der Waals surface area contributed by atoms with E-state index in [1.54, 1.807) is 18.2 Å². The van der Waals surface area contributed by atoms with Gasteiger partial charge < -0.3 is 15.4 Å². The molecular weight excluding hydrogens is 307 g/mol. The second kappa shape index (κ2) is 8.34. The lowest BCUT2D eigenvalue weighted by Gasteiger charge is -2.27. The highest BCUT2D eigenvalue weighted by molar-refractivity contribution is 5.85. The van der Waals surface area contributed by atoms with Gasteiger partial charge in [0.05, 0.1) is 0 Å². The minimum Gasteiger partial charge on any atom is -0.478 e. The third-order valence-electron chi connectivity index (χ3n) is 4.03. The van der Waals surface area contributed by atoms with E-state index >= 15 is 0 Å². The molecule has 4 nitrogen and oxygen atoms in total. The minimum absolute atomic E-state index is 0. The quantitative estimate of drug-likeness (QED) is 0.903. The van der Waals surface area contributed by atoms with Crippen molar-refractivity contribution in [3.8, 4) is 5.75 Å². The number of carbonyl (C=O) groups is 1. The molecule has 1 aliphatic heterocycles. The molecule has 2 N–H and O–H groups in total. The van der Waals surface area contributed by atoms with Crippen molar-refractivity contribution in [2.24, 2.45) is 11.7 Å². The number of likely N-dealkylation sites (tertiary alicyclic amines) is 1. The first-order valence-electron chi connectivity index (χ1n) is 7.48. The smallest absolute Gasteiger partial charge is 0.263 e. The Balaban J connectivity index is 0.00000242. The van der Waals surface area contributed by atoms with E-state index in [1.165, 1.54) is 6.07 Å². The van der Waals surface area contributed by atoms with Crippen molar-refractivity contribution in [1.29, 1.82) is 0 Å². The van der Waals surface area contributed by atoms with Crippen molar-refractivity contribution >= 4 is 18.3 Å². The summed E-state index contributed by atoms with van der Waals surface area (Å²) in [5.41, 5.74) is 5.69. The van der Waals surface area contributed by atoms with Crippen LogP contribution in [0.15, 0.2) is 24.3 Å². The number of nitrogens with zero attached hydrogens (tertiary/aromatic N) is 1. The van der Waals surface area contributed by atoms with Gasteiger partial charge in [0, 0.05) is 12.6 Å². The Bertz CT molecular complexity index is 501. The monoisotopic (exact) mass is 330 g/mol. The van der Waals surface area contributed by atoms with E-state index in [1.807, 2.05) is 18.7 Å². The second-order valence-electron chi connectivity index (χ2n) is 5.62. The number of amides is 1. The number of carbonyl (C=O) groups excluding carboxylic acids is 1. The molecule has 1 saturated heterocycles. The van der Waals surface area contributed by atoms with Gasteiger partial charge in [-0.15, -0.1) is 12.4 Å². The predicted octanol–water partition coefficient (Wildman–Crippen LogP) is 2.60. The standard InChI is InChI=1S/C16H23FN2O2.ClH/c1-3-14(21-15-7-5-4-6-13(15)17)16(20)19-10-12(9-18)8-11(19)2;/h4-7,11-12,14H,3,8-10,18H2,1-2H3;1H. The van der Waals surface area contributed by atoms with Crippen LogP contribution in [0.25, 0.3) is 0 Å². The van der Waals surface area contributed by atoms with Gasteiger partial charge in [0.2, 0.25) is 0 Å². The zero-order valence-electron chi connectivity index (χ0n) is 13.0. The van der Waals surface area contributed by atoms with Gasteiger partial charge in [0.15, 0.2) is 17.7 Å². The molecule has 0 aliphatic carbocycles. The number of rotatable bonds is 5. The van der Waals surface area contributed by atoms with Crippen molar-refractivity contribution in [3.05, 3.63) is 30.1 Å². The second-order valence-corrected chi connectivity index (χ2v) is 5.62. The maximum Gasteiger partial charge on any atom is 0.263 e. The van der Waals surface area contributed by atoms with Crippen LogP contribution in [0.1, 0.15) is 26.7 Å². The van der Waals surface area contributed by atoms with Crippen LogP contribution in [-0.2, 0) is 4.79 Å². The summed E-state index contributed by atoms with van der Waals surface area (Å²) in [7, 11) is 0. The van der Waals surface area contributed by atoms with Crippen LogP contribution in [0.4, 0.5) is 4.39 Å². The Kier molecular flexibility index (Phi) is 7.10. The van der Waals surface area contributed by atoms with Gasteiger partial charge in [-0.2, -0.15) is 0 Å². The average molecular weight is 331 g/mol. The van der Waals surface area contributed by atoms with Crippen molar-refractivity contribution in [3.63, 3.8) is 0 Å². The summed E-state index contributed by atoms with van der Waals surface area (Å²) in [6.45, 7) is 5.13.